The molecule has 2 saturated carbocycles. The van der Waals surface area contributed by atoms with Crippen LogP contribution in [0.1, 0.15) is 57.0 Å². The van der Waals surface area contributed by atoms with Crippen molar-refractivity contribution in [2.45, 2.75) is 70.7 Å². The molecule has 0 aromatic carbocycles. The molecule has 2 N–H and O–H groups in total. The molecule has 1 heterocycles. The Morgan fingerprint density at radius 3 is 2.71 bits per heavy atom. The molecule has 118 valence electrons. The zero-order chi connectivity index (χ0) is 14.7. The summed E-state index contributed by atoms with van der Waals surface area (Å²) in [6.07, 6.45) is 8.15. The lowest BCUT2D eigenvalue weighted by atomic mass is 9.55. The Morgan fingerprint density at radius 1 is 1.29 bits per heavy atom. The summed E-state index contributed by atoms with van der Waals surface area (Å²) >= 11 is 0. The largest absolute Gasteiger partial charge is 0.462 e. The maximum atomic E-state index is 9.05. The first-order valence-electron chi connectivity index (χ1n) is 8.32. The zero-order valence-electron chi connectivity index (χ0n) is 12.9. The van der Waals surface area contributed by atoms with Crippen LogP contribution in [0.3, 0.4) is 0 Å². The predicted molar refractivity (Wildman–Crippen MR) is 80.8 cm³/mol. The Morgan fingerprint density at radius 2 is 2.05 bits per heavy atom. The van der Waals surface area contributed by atoms with Gasteiger partial charge in [-0.15, -0.1) is 0 Å². The summed E-state index contributed by atoms with van der Waals surface area (Å²) in [4.78, 5) is 0. The Hall–Kier alpha value is -0.840. The molecule has 0 aliphatic heterocycles. The van der Waals surface area contributed by atoms with Crippen molar-refractivity contribution in [3.05, 3.63) is 23.7 Å². The SMILES string of the molecule is CCO[C@H]1C[C@H](NCc2ccc(CO)o2)C12CCCCC2. The van der Waals surface area contributed by atoms with Gasteiger partial charge in [0.1, 0.15) is 18.1 Å². The third kappa shape index (κ3) is 2.89. The molecule has 3 rings (SSSR count). The molecule has 21 heavy (non-hydrogen) atoms. The number of ether oxygens (including phenoxy) is 1. The summed E-state index contributed by atoms with van der Waals surface area (Å²) in [7, 11) is 0. The van der Waals surface area contributed by atoms with Crippen molar-refractivity contribution in [3.63, 3.8) is 0 Å². The minimum absolute atomic E-state index is 0.0280. The topological polar surface area (TPSA) is 54.6 Å². The van der Waals surface area contributed by atoms with Crippen LogP contribution in [0.25, 0.3) is 0 Å². The number of rotatable bonds is 6. The number of furan rings is 1. The summed E-state index contributed by atoms with van der Waals surface area (Å²) in [6.45, 7) is 3.62. The maximum absolute atomic E-state index is 9.05. The molecule has 4 nitrogen and oxygen atoms in total. The van der Waals surface area contributed by atoms with Crippen LogP contribution in [0.2, 0.25) is 0 Å². The van der Waals surface area contributed by atoms with E-state index in [4.69, 9.17) is 14.3 Å². The van der Waals surface area contributed by atoms with Gasteiger partial charge < -0.3 is 19.6 Å². The van der Waals surface area contributed by atoms with Gasteiger partial charge in [0.15, 0.2) is 0 Å². The van der Waals surface area contributed by atoms with Crippen molar-refractivity contribution >= 4 is 0 Å². The lowest BCUT2D eigenvalue weighted by Crippen LogP contribution is -2.64. The Bertz CT molecular complexity index is 451. The number of hydrogen-bond donors (Lipinski definition) is 2. The molecule has 4 heteroatoms. The second-order valence-electron chi connectivity index (χ2n) is 6.43. The third-order valence-electron chi connectivity index (χ3n) is 5.33. The fraction of sp³-hybridized carbons (Fsp3) is 0.765. The second-order valence-corrected chi connectivity index (χ2v) is 6.43. The first-order valence-corrected chi connectivity index (χ1v) is 8.32. The van der Waals surface area contributed by atoms with Crippen molar-refractivity contribution in [2.75, 3.05) is 6.61 Å². The molecule has 0 unspecified atom stereocenters. The Balaban J connectivity index is 1.59. The number of aliphatic hydroxyl groups is 1. The van der Waals surface area contributed by atoms with E-state index in [1.165, 1.54) is 32.1 Å². The highest BCUT2D eigenvalue weighted by Crippen LogP contribution is 2.53. The molecule has 2 aliphatic rings. The summed E-state index contributed by atoms with van der Waals surface area (Å²) in [5.74, 6) is 1.55. The minimum Gasteiger partial charge on any atom is -0.462 e. The van der Waals surface area contributed by atoms with Crippen molar-refractivity contribution in [2.24, 2.45) is 5.41 Å². The monoisotopic (exact) mass is 293 g/mol. The average molecular weight is 293 g/mol. The van der Waals surface area contributed by atoms with E-state index in [9.17, 15) is 0 Å². The van der Waals surface area contributed by atoms with Crippen molar-refractivity contribution in [1.29, 1.82) is 0 Å². The average Bonchev–Trinajstić information content (AvgIpc) is 2.99. The quantitative estimate of drug-likeness (QED) is 0.846. The molecule has 1 aromatic heterocycles. The smallest absolute Gasteiger partial charge is 0.129 e. The van der Waals surface area contributed by atoms with E-state index in [0.717, 1.165) is 25.3 Å². The van der Waals surface area contributed by atoms with E-state index in [2.05, 4.69) is 12.2 Å². The zero-order valence-corrected chi connectivity index (χ0v) is 12.9. The van der Waals surface area contributed by atoms with E-state index in [1.54, 1.807) is 0 Å². The Kier molecular flexibility index (Phi) is 4.67. The summed E-state index contributed by atoms with van der Waals surface area (Å²) in [5, 5.41) is 12.7. The molecule has 2 fully saturated rings. The van der Waals surface area contributed by atoms with Gasteiger partial charge in [0, 0.05) is 18.1 Å². The van der Waals surface area contributed by atoms with Crippen LogP contribution >= 0.6 is 0 Å². The molecule has 2 atom stereocenters. The molecule has 0 saturated heterocycles. The minimum atomic E-state index is -0.0280. The molecule has 0 bridgehead atoms. The highest BCUT2D eigenvalue weighted by Gasteiger charge is 2.55. The highest BCUT2D eigenvalue weighted by molar-refractivity contribution is 5.11. The van der Waals surface area contributed by atoms with E-state index in [0.29, 0.717) is 23.3 Å². The number of aliphatic hydroxyl groups excluding tert-OH is 1. The lowest BCUT2D eigenvalue weighted by molar-refractivity contribution is -0.150. The first kappa shape index (κ1) is 15.1. The number of hydrogen-bond acceptors (Lipinski definition) is 4. The van der Waals surface area contributed by atoms with E-state index >= 15 is 0 Å². The van der Waals surface area contributed by atoms with Crippen LogP contribution in [0.4, 0.5) is 0 Å². The maximum Gasteiger partial charge on any atom is 0.129 e. The van der Waals surface area contributed by atoms with Crippen molar-refractivity contribution in [3.8, 4) is 0 Å². The van der Waals surface area contributed by atoms with Gasteiger partial charge >= 0.3 is 0 Å². The van der Waals surface area contributed by atoms with Gasteiger partial charge in [-0.2, -0.15) is 0 Å². The molecule has 1 aromatic rings. The fourth-order valence-corrected chi connectivity index (χ4v) is 4.18. The molecule has 0 amide bonds. The van der Waals surface area contributed by atoms with Gasteiger partial charge in [0.05, 0.1) is 12.6 Å². The van der Waals surface area contributed by atoms with E-state index in [1.807, 2.05) is 12.1 Å². The van der Waals surface area contributed by atoms with Crippen LogP contribution in [-0.4, -0.2) is 23.9 Å². The summed E-state index contributed by atoms with van der Waals surface area (Å²) in [5.41, 5.74) is 0.348. The number of nitrogens with one attached hydrogen (secondary N) is 1. The molecule has 0 radical (unpaired) electrons. The summed E-state index contributed by atoms with van der Waals surface area (Å²) in [6, 6.07) is 4.33. The van der Waals surface area contributed by atoms with Crippen LogP contribution in [-0.2, 0) is 17.9 Å². The van der Waals surface area contributed by atoms with Gasteiger partial charge in [-0.3, -0.25) is 0 Å². The van der Waals surface area contributed by atoms with Gasteiger partial charge in [0.25, 0.3) is 0 Å². The van der Waals surface area contributed by atoms with Crippen LogP contribution in [0, 0.1) is 5.41 Å². The van der Waals surface area contributed by atoms with Gasteiger partial charge in [0.2, 0.25) is 0 Å². The lowest BCUT2D eigenvalue weighted by Gasteiger charge is -2.58. The first-order chi connectivity index (χ1) is 10.3. The second kappa shape index (κ2) is 6.51. The van der Waals surface area contributed by atoms with Crippen LogP contribution in [0.5, 0.6) is 0 Å². The summed E-state index contributed by atoms with van der Waals surface area (Å²) < 4.78 is 11.5. The van der Waals surface area contributed by atoms with Gasteiger partial charge in [-0.1, -0.05) is 19.3 Å². The van der Waals surface area contributed by atoms with Crippen LogP contribution in [0.15, 0.2) is 16.5 Å². The molecular formula is C17H27NO3. The van der Waals surface area contributed by atoms with Crippen molar-refractivity contribution < 1.29 is 14.3 Å². The predicted octanol–water partition coefficient (Wildman–Crippen LogP) is 2.99. The normalized spacial score (nSPS) is 27.7. The van der Waals surface area contributed by atoms with Gasteiger partial charge in [-0.25, -0.2) is 0 Å². The van der Waals surface area contributed by atoms with E-state index < -0.39 is 0 Å². The van der Waals surface area contributed by atoms with Crippen molar-refractivity contribution in [1.82, 2.24) is 5.32 Å². The fourth-order valence-electron chi connectivity index (χ4n) is 4.18. The molecule has 2 aliphatic carbocycles. The third-order valence-corrected chi connectivity index (χ3v) is 5.33. The van der Waals surface area contributed by atoms with Crippen LogP contribution < -0.4 is 5.32 Å². The van der Waals surface area contributed by atoms with E-state index in [-0.39, 0.29) is 6.61 Å². The van der Waals surface area contributed by atoms with Gasteiger partial charge in [-0.05, 0) is 38.3 Å². The Labute approximate surface area is 126 Å². The standard InChI is InChI=1S/C17H27NO3/c1-2-20-16-10-15(17(16)8-4-3-5-9-17)18-11-13-6-7-14(12-19)21-13/h6-7,15-16,18-19H,2-5,8-12H2,1H3/t15-,16-/m0/s1. The molecule has 1 spiro atoms. The highest BCUT2D eigenvalue weighted by atomic mass is 16.5. The molecular weight excluding hydrogens is 266 g/mol.